The minimum absolute atomic E-state index is 0.145. The molecule has 1 heterocycles. The van der Waals surface area contributed by atoms with Crippen LogP contribution in [0.15, 0.2) is 18.3 Å². The highest BCUT2D eigenvalue weighted by atomic mass is 16.5. The van der Waals surface area contributed by atoms with E-state index in [1.54, 1.807) is 32.2 Å². The lowest BCUT2D eigenvalue weighted by Gasteiger charge is -2.12. The molecule has 0 radical (unpaired) electrons. The molecular formula is C14H19NO4. The number of aromatic nitrogens is 1. The third kappa shape index (κ3) is 4.35. The highest BCUT2D eigenvalue weighted by molar-refractivity contribution is 5.99. The summed E-state index contributed by atoms with van der Waals surface area (Å²) in [5.41, 5.74) is 0.758. The van der Waals surface area contributed by atoms with Gasteiger partial charge >= 0.3 is 5.97 Å². The summed E-state index contributed by atoms with van der Waals surface area (Å²) in [4.78, 5) is 27.7. The Morgan fingerprint density at radius 3 is 2.53 bits per heavy atom. The average molecular weight is 265 g/mol. The molecule has 0 amide bonds. The summed E-state index contributed by atoms with van der Waals surface area (Å²) in [6.07, 6.45) is 2.20. The summed E-state index contributed by atoms with van der Waals surface area (Å²) in [6, 6.07) is 3.45. The number of methoxy groups -OCH3 is 1. The summed E-state index contributed by atoms with van der Waals surface area (Å²) >= 11 is 0. The van der Waals surface area contributed by atoms with Crippen molar-refractivity contribution >= 4 is 11.8 Å². The van der Waals surface area contributed by atoms with Gasteiger partial charge in [0.25, 0.3) is 0 Å². The predicted molar refractivity (Wildman–Crippen MR) is 69.9 cm³/mol. The Morgan fingerprint density at radius 1 is 1.32 bits per heavy atom. The normalized spacial score (nSPS) is 11.7. The van der Waals surface area contributed by atoms with Crippen LogP contribution in [0.4, 0.5) is 0 Å². The number of carbonyl (C=O) groups excluding carboxylic acids is 2. The summed E-state index contributed by atoms with van der Waals surface area (Å²) < 4.78 is 9.84. The minimum atomic E-state index is -0.693. The zero-order chi connectivity index (χ0) is 14.3. The molecule has 0 spiro atoms. The fourth-order valence-corrected chi connectivity index (χ4v) is 1.73. The van der Waals surface area contributed by atoms with Gasteiger partial charge in [-0.2, -0.15) is 0 Å². The summed E-state index contributed by atoms with van der Waals surface area (Å²) in [7, 11) is 1.53. The molecule has 0 bridgehead atoms. The number of pyridine rings is 1. The molecule has 1 rings (SSSR count). The monoisotopic (exact) mass is 265 g/mol. The van der Waals surface area contributed by atoms with Gasteiger partial charge in [0.2, 0.25) is 5.88 Å². The lowest BCUT2D eigenvalue weighted by molar-refractivity contribution is -0.151. The predicted octanol–water partition coefficient (Wildman–Crippen LogP) is 1.79. The Hall–Kier alpha value is -1.91. The summed E-state index contributed by atoms with van der Waals surface area (Å²) in [5.74, 6) is -0.792. The second-order valence-electron chi connectivity index (χ2n) is 4.06. The van der Waals surface area contributed by atoms with Crippen LogP contribution in [-0.2, 0) is 20.7 Å². The molecule has 19 heavy (non-hydrogen) atoms. The molecule has 0 aromatic carbocycles. The van der Waals surface area contributed by atoms with Crippen molar-refractivity contribution in [3.05, 3.63) is 23.9 Å². The van der Waals surface area contributed by atoms with Crippen LogP contribution < -0.4 is 4.74 Å². The van der Waals surface area contributed by atoms with Crippen LogP contribution in [0.5, 0.6) is 5.88 Å². The van der Waals surface area contributed by atoms with Gasteiger partial charge in [-0.05, 0) is 18.9 Å². The summed E-state index contributed by atoms with van der Waals surface area (Å²) in [5, 5.41) is 0. The average Bonchev–Trinajstić information content (AvgIpc) is 2.40. The second kappa shape index (κ2) is 7.51. The van der Waals surface area contributed by atoms with Crippen LogP contribution in [0, 0.1) is 5.92 Å². The first-order valence-corrected chi connectivity index (χ1v) is 6.30. The highest BCUT2D eigenvalue weighted by Gasteiger charge is 2.25. The SMILES string of the molecule is CCOC(=O)C(CC)C(=O)Cc1ccc(OC)nc1. The third-order valence-electron chi connectivity index (χ3n) is 2.75. The molecule has 0 aliphatic carbocycles. The smallest absolute Gasteiger partial charge is 0.316 e. The fraction of sp³-hybridized carbons (Fsp3) is 0.500. The number of Topliss-reactive ketones (excluding diaryl/α,β-unsaturated/α-hetero) is 1. The summed E-state index contributed by atoms with van der Waals surface area (Å²) in [6.45, 7) is 3.81. The Kier molecular flexibility index (Phi) is 5.99. The molecule has 0 N–H and O–H groups in total. The largest absolute Gasteiger partial charge is 0.481 e. The third-order valence-corrected chi connectivity index (χ3v) is 2.75. The van der Waals surface area contributed by atoms with E-state index >= 15 is 0 Å². The van der Waals surface area contributed by atoms with E-state index in [0.29, 0.717) is 12.3 Å². The number of ether oxygens (including phenoxy) is 2. The molecule has 1 aromatic rings. The van der Waals surface area contributed by atoms with Crippen molar-refractivity contribution in [3.63, 3.8) is 0 Å². The van der Waals surface area contributed by atoms with Crippen molar-refractivity contribution in [2.45, 2.75) is 26.7 Å². The van der Waals surface area contributed by atoms with Gasteiger partial charge in [-0.15, -0.1) is 0 Å². The van der Waals surface area contributed by atoms with Gasteiger partial charge in [-0.25, -0.2) is 4.98 Å². The first-order valence-electron chi connectivity index (χ1n) is 6.30. The van der Waals surface area contributed by atoms with E-state index in [2.05, 4.69) is 4.98 Å². The van der Waals surface area contributed by atoms with E-state index in [1.165, 1.54) is 7.11 Å². The van der Waals surface area contributed by atoms with Crippen LogP contribution >= 0.6 is 0 Å². The zero-order valence-electron chi connectivity index (χ0n) is 11.5. The molecule has 1 atom stereocenters. The molecule has 0 aliphatic heterocycles. The number of ketones is 1. The topological polar surface area (TPSA) is 65.5 Å². The molecule has 0 saturated carbocycles. The lowest BCUT2D eigenvalue weighted by Crippen LogP contribution is -2.27. The first kappa shape index (κ1) is 15.1. The van der Waals surface area contributed by atoms with Crippen LogP contribution in [0.3, 0.4) is 0 Å². The van der Waals surface area contributed by atoms with Crippen molar-refractivity contribution in [1.82, 2.24) is 4.98 Å². The highest BCUT2D eigenvalue weighted by Crippen LogP contribution is 2.13. The molecule has 0 aliphatic rings. The number of esters is 1. The van der Waals surface area contributed by atoms with E-state index in [1.807, 2.05) is 0 Å². The van der Waals surface area contributed by atoms with Crippen LogP contribution in [-0.4, -0.2) is 30.5 Å². The number of nitrogens with zero attached hydrogens (tertiary/aromatic N) is 1. The molecule has 0 saturated heterocycles. The van der Waals surface area contributed by atoms with E-state index in [4.69, 9.17) is 9.47 Å². The minimum Gasteiger partial charge on any atom is -0.481 e. The van der Waals surface area contributed by atoms with Crippen molar-refractivity contribution in [2.75, 3.05) is 13.7 Å². The van der Waals surface area contributed by atoms with Crippen LogP contribution in [0.25, 0.3) is 0 Å². The van der Waals surface area contributed by atoms with Gasteiger partial charge < -0.3 is 9.47 Å². The Morgan fingerprint density at radius 2 is 2.05 bits per heavy atom. The number of hydrogen-bond acceptors (Lipinski definition) is 5. The van der Waals surface area contributed by atoms with Crippen molar-refractivity contribution in [3.8, 4) is 5.88 Å². The van der Waals surface area contributed by atoms with Gasteiger partial charge in [0.15, 0.2) is 5.78 Å². The Bertz CT molecular complexity index is 428. The van der Waals surface area contributed by atoms with Crippen LogP contribution in [0.1, 0.15) is 25.8 Å². The van der Waals surface area contributed by atoms with E-state index < -0.39 is 11.9 Å². The molecule has 104 valence electrons. The number of hydrogen-bond donors (Lipinski definition) is 0. The maximum Gasteiger partial charge on any atom is 0.316 e. The Balaban J connectivity index is 2.68. The van der Waals surface area contributed by atoms with Crippen molar-refractivity contribution in [1.29, 1.82) is 0 Å². The number of rotatable bonds is 7. The molecule has 1 aromatic heterocycles. The van der Waals surface area contributed by atoms with Gasteiger partial charge in [0, 0.05) is 18.7 Å². The molecule has 5 nitrogen and oxygen atoms in total. The van der Waals surface area contributed by atoms with Crippen molar-refractivity contribution in [2.24, 2.45) is 5.92 Å². The first-order chi connectivity index (χ1) is 9.12. The Labute approximate surface area is 112 Å². The molecule has 0 fully saturated rings. The fourth-order valence-electron chi connectivity index (χ4n) is 1.73. The van der Waals surface area contributed by atoms with Gasteiger partial charge in [-0.1, -0.05) is 13.0 Å². The molecular weight excluding hydrogens is 246 g/mol. The molecule has 1 unspecified atom stereocenters. The van der Waals surface area contributed by atoms with Gasteiger partial charge in [0.05, 0.1) is 13.7 Å². The van der Waals surface area contributed by atoms with Crippen LogP contribution in [0.2, 0.25) is 0 Å². The maximum absolute atomic E-state index is 12.1. The van der Waals surface area contributed by atoms with Crippen molar-refractivity contribution < 1.29 is 19.1 Å². The van der Waals surface area contributed by atoms with Gasteiger partial charge in [-0.3, -0.25) is 9.59 Å². The quantitative estimate of drug-likeness (QED) is 0.555. The zero-order valence-corrected chi connectivity index (χ0v) is 11.5. The van der Waals surface area contributed by atoms with E-state index in [9.17, 15) is 9.59 Å². The second-order valence-corrected chi connectivity index (χ2v) is 4.06. The molecule has 5 heteroatoms. The van der Waals surface area contributed by atoms with E-state index in [0.717, 1.165) is 5.56 Å². The van der Waals surface area contributed by atoms with Gasteiger partial charge in [0.1, 0.15) is 5.92 Å². The standard InChI is InChI=1S/C14H19NO4/c1-4-11(14(17)19-5-2)12(16)8-10-6-7-13(18-3)15-9-10/h6-7,9,11H,4-5,8H2,1-3H3. The lowest BCUT2D eigenvalue weighted by atomic mass is 9.96. The maximum atomic E-state index is 12.1. The number of carbonyl (C=O) groups is 2. The van der Waals surface area contributed by atoms with E-state index in [-0.39, 0.29) is 18.8 Å².